The summed E-state index contributed by atoms with van der Waals surface area (Å²) in [6.07, 6.45) is 0. The summed E-state index contributed by atoms with van der Waals surface area (Å²) in [7, 11) is 0. The Bertz CT molecular complexity index is 843. The van der Waals surface area contributed by atoms with Crippen molar-refractivity contribution in [3.63, 3.8) is 0 Å². The molecule has 0 atom stereocenters. The van der Waals surface area contributed by atoms with Crippen LogP contribution in [0.15, 0.2) is 21.9 Å². The van der Waals surface area contributed by atoms with Crippen LogP contribution >= 0.6 is 11.3 Å². The summed E-state index contributed by atoms with van der Waals surface area (Å²) in [4.78, 5) is 29.1. The number of amides is 2. The van der Waals surface area contributed by atoms with Crippen LogP contribution in [0, 0.1) is 25.2 Å². The monoisotopic (exact) mass is 372 g/mol. The van der Waals surface area contributed by atoms with Crippen molar-refractivity contribution in [3.8, 4) is 6.07 Å². The first-order valence-electron chi connectivity index (χ1n) is 8.34. The Kier molecular flexibility index (Phi) is 5.40. The third-order valence-corrected chi connectivity index (χ3v) is 5.37. The molecule has 2 amide bonds. The van der Waals surface area contributed by atoms with Gasteiger partial charge in [0.2, 0.25) is 11.8 Å². The summed E-state index contributed by atoms with van der Waals surface area (Å²) in [5, 5.41) is 13.8. The van der Waals surface area contributed by atoms with E-state index in [0.717, 1.165) is 10.4 Å². The molecular weight excluding hydrogens is 352 g/mol. The largest absolute Gasteiger partial charge is 0.444 e. The van der Waals surface area contributed by atoms with E-state index >= 15 is 0 Å². The molecule has 3 rings (SSSR count). The van der Waals surface area contributed by atoms with Gasteiger partial charge in [-0.15, -0.1) is 11.3 Å². The molecule has 7 nitrogen and oxygen atoms in total. The summed E-state index contributed by atoms with van der Waals surface area (Å²) in [5.74, 6) is 0.647. The number of nitrogens with zero attached hydrogens (tertiary/aromatic N) is 3. The van der Waals surface area contributed by atoms with E-state index in [1.54, 1.807) is 13.8 Å². The normalized spacial score (nSPS) is 14.9. The average molecular weight is 372 g/mol. The molecular formula is C18H20N4O3S. The zero-order valence-corrected chi connectivity index (χ0v) is 15.6. The van der Waals surface area contributed by atoms with Crippen molar-refractivity contribution in [2.24, 2.45) is 0 Å². The Balaban J connectivity index is 1.52. The van der Waals surface area contributed by atoms with Crippen LogP contribution in [-0.2, 0) is 4.79 Å². The number of carbonyl (C=O) groups is 2. The minimum Gasteiger partial charge on any atom is -0.444 e. The zero-order chi connectivity index (χ0) is 18.7. The van der Waals surface area contributed by atoms with Gasteiger partial charge in [0.15, 0.2) is 0 Å². The maximum atomic E-state index is 12.3. The van der Waals surface area contributed by atoms with Crippen LogP contribution in [0.1, 0.15) is 26.6 Å². The predicted octanol–water partition coefficient (Wildman–Crippen LogP) is 2.23. The SMILES string of the molecule is Cc1oc(NC(=O)CN2CCN(C(=O)c3cccs3)CC2)c(C#N)c1C. The van der Waals surface area contributed by atoms with Crippen molar-refractivity contribution < 1.29 is 14.0 Å². The number of nitriles is 1. The van der Waals surface area contributed by atoms with E-state index in [0.29, 0.717) is 37.5 Å². The molecule has 0 saturated carbocycles. The summed E-state index contributed by atoms with van der Waals surface area (Å²) in [5.41, 5.74) is 1.10. The molecule has 8 heteroatoms. The molecule has 0 bridgehead atoms. The van der Waals surface area contributed by atoms with Gasteiger partial charge in [0.1, 0.15) is 17.4 Å². The third kappa shape index (κ3) is 3.79. The second kappa shape index (κ2) is 7.72. The molecule has 3 heterocycles. The maximum absolute atomic E-state index is 12.3. The van der Waals surface area contributed by atoms with Crippen molar-refractivity contribution in [1.82, 2.24) is 9.80 Å². The molecule has 0 radical (unpaired) electrons. The second-order valence-corrected chi connectivity index (χ2v) is 7.14. The van der Waals surface area contributed by atoms with Gasteiger partial charge in [-0.2, -0.15) is 5.26 Å². The van der Waals surface area contributed by atoms with Crippen molar-refractivity contribution in [2.45, 2.75) is 13.8 Å². The predicted molar refractivity (Wildman–Crippen MR) is 98.2 cm³/mol. The molecule has 1 N–H and O–H groups in total. The highest BCUT2D eigenvalue weighted by molar-refractivity contribution is 7.12. The fourth-order valence-corrected chi connectivity index (χ4v) is 3.57. The average Bonchev–Trinajstić information content (AvgIpc) is 3.24. The van der Waals surface area contributed by atoms with Gasteiger partial charge >= 0.3 is 0 Å². The highest BCUT2D eigenvalue weighted by Gasteiger charge is 2.24. The van der Waals surface area contributed by atoms with Crippen molar-refractivity contribution in [3.05, 3.63) is 39.3 Å². The summed E-state index contributed by atoms with van der Waals surface area (Å²) in [6.45, 7) is 6.19. The number of thiophene rings is 1. The lowest BCUT2D eigenvalue weighted by atomic mass is 10.2. The van der Waals surface area contributed by atoms with Crippen LogP contribution in [0.3, 0.4) is 0 Å². The van der Waals surface area contributed by atoms with Gasteiger partial charge < -0.3 is 9.32 Å². The number of rotatable bonds is 4. The number of aryl methyl sites for hydroxylation is 1. The van der Waals surface area contributed by atoms with Crippen LogP contribution in [0.4, 0.5) is 5.88 Å². The van der Waals surface area contributed by atoms with E-state index in [-0.39, 0.29) is 24.2 Å². The topological polar surface area (TPSA) is 89.6 Å². The number of piperazine rings is 1. The number of hydrogen-bond donors (Lipinski definition) is 1. The van der Waals surface area contributed by atoms with Gasteiger partial charge in [-0.3, -0.25) is 19.8 Å². The lowest BCUT2D eigenvalue weighted by Gasteiger charge is -2.34. The Hall–Kier alpha value is -2.63. The minimum absolute atomic E-state index is 0.0456. The second-order valence-electron chi connectivity index (χ2n) is 6.19. The molecule has 1 aliphatic heterocycles. The Morgan fingerprint density at radius 1 is 1.31 bits per heavy atom. The zero-order valence-electron chi connectivity index (χ0n) is 14.7. The molecule has 1 aliphatic rings. The summed E-state index contributed by atoms with van der Waals surface area (Å²) in [6, 6.07) is 5.75. The lowest BCUT2D eigenvalue weighted by molar-refractivity contribution is -0.117. The number of carbonyl (C=O) groups excluding carboxylic acids is 2. The van der Waals surface area contributed by atoms with Crippen molar-refractivity contribution >= 4 is 29.0 Å². The first-order chi connectivity index (χ1) is 12.5. The van der Waals surface area contributed by atoms with Gasteiger partial charge in [-0.1, -0.05) is 6.07 Å². The molecule has 2 aromatic heterocycles. The smallest absolute Gasteiger partial charge is 0.264 e. The highest BCUT2D eigenvalue weighted by Crippen LogP contribution is 2.25. The Morgan fingerprint density at radius 2 is 2.04 bits per heavy atom. The number of hydrogen-bond acceptors (Lipinski definition) is 6. The number of furan rings is 1. The number of nitrogens with one attached hydrogen (secondary N) is 1. The fraction of sp³-hybridized carbons (Fsp3) is 0.389. The van der Waals surface area contributed by atoms with E-state index in [9.17, 15) is 14.9 Å². The van der Waals surface area contributed by atoms with E-state index < -0.39 is 0 Å². The van der Waals surface area contributed by atoms with E-state index in [1.807, 2.05) is 27.3 Å². The van der Waals surface area contributed by atoms with Crippen molar-refractivity contribution in [1.29, 1.82) is 5.26 Å². The molecule has 0 aliphatic carbocycles. The van der Waals surface area contributed by atoms with Gasteiger partial charge in [0, 0.05) is 31.7 Å². The van der Waals surface area contributed by atoms with Crippen LogP contribution in [0.2, 0.25) is 0 Å². The first-order valence-corrected chi connectivity index (χ1v) is 9.22. The fourth-order valence-electron chi connectivity index (χ4n) is 2.88. The molecule has 136 valence electrons. The molecule has 26 heavy (non-hydrogen) atoms. The van der Waals surface area contributed by atoms with Gasteiger partial charge in [-0.25, -0.2) is 0 Å². The maximum Gasteiger partial charge on any atom is 0.264 e. The third-order valence-electron chi connectivity index (χ3n) is 4.51. The molecule has 2 aromatic rings. The van der Waals surface area contributed by atoms with Crippen LogP contribution in [0.25, 0.3) is 0 Å². The molecule has 1 fully saturated rings. The Labute approximate surface area is 155 Å². The first kappa shape index (κ1) is 18.2. The van der Waals surface area contributed by atoms with Crippen molar-refractivity contribution in [2.75, 3.05) is 38.0 Å². The quantitative estimate of drug-likeness (QED) is 0.889. The molecule has 1 saturated heterocycles. The minimum atomic E-state index is -0.228. The van der Waals surface area contributed by atoms with Crippen LogP contribution < -0.4 is 5.32 Å². The van der Waals surface area contributed by atoms with E-state index in [1.165, 1.54) is 11.3 Å². The molecule has 0 aromatic carbocycles. The van der Waals surface area contributed by atoms with Gasteiger partial charge in [0.25, 0.3) is 5.91 Å². The van der Waals surface area contributed by atoms with E-state index in [2.05, 4.69) is 11.4 Å². The molecule has 0 unspecified atom stereocenters. The number of anilines is 1. The Morgan fingerprint density at radius 3 is 2.65 bits per heavy atom. The molecule has 0 spiro atoms. The van der Waals surface area contributed by atoms with Crippen LogP contribution in [0.5, 0.6) is 0 Å². The van der Waals surface area contributed by atoms with Gasteiger partial charge in [0.05, 0.1) is 11.4 Å². The van der Waals surface area contributed by atoms with Crippen LogP contribution in [-0.4, -0.2) is 54.3 Å². The highest BCUT2D eigenvalue weighted by atomic mass is 32.1. The van der Waals surface area contributed by atoms with Gasteiger partial charge in [-0.05, 0) is 25.3 Å². The van der Waals surface area contributed by atoms with E-state index in [4.69, 9.17) is 4.42 Å². The summed E-state index contributed by atoms with van der Waals surface area (Å²) < 4.78 is 5.46. The standard InChI is InChI=1S/C18H20N4O3S/c1-12-13(2)25-17(14(12)10-19)20-16(23)11-21-5-7-22(8-6-21)18(24)15-4-3-9-26-15/h3-4,9H,5-8,11H2,1-2H3,(H,20,23). The lowest BCUT2D eigenvalue weighted by Crippen LogP contribution is -2.50. The summed E-state index contributed by atoms with van der Waals surface area (Å²) >= 11 is 1.44.